The quantitative estimate of drug-likeness (QED) is 0.751. The molecule has 3 rings (SSSR count). The first-order valence-corrected chi connectivity index (χ1v) is 10.2. The zero-order valence-electron chi connectivity index (χ0n) is 13.5. The fourth-order valence-electron chi connectivity index (χ4n) is 2.81. The van der Waals surface area contributed by atoms with E-state index in [2.05, 4.69) is 5.32 Å². The highest BCUT2D eigenvalue weighted by Crippen LogP contribution is 2.29. The Bertz CT molecular complexity index is 690. The van der Waals surface area contributed by atoms with Crippen LogP contribution in [-0.4, -0.2) is 22.7 Å². The van der Waals surface area contributed by atoms with Crippen molar-refractivity contribution in [3.05, 3.63) is 57.8 Å². The van der Waals surface area contributed by atoms with Gasteiger partial charge in [-0.1, -0.05) is 43.2 Å². The van der Waals surface area contributed by atoms with Crippen molar-refractivity contribution in [3.8, 4) is 0 Å². The highest BCUT2D eigenvalue weighted by Gasteiger charge is 2.17. The number of thioether (sulfide) groups is 1. The lowest BCUT2D eigenvalue weighted by molar-refractivity contribution is -0.118. The van der Waals surface area contributed by atoms with E-state index in [0.717, 1.165) is 4.88 Å². The Labute approximate surface area is 150 Å². The van der Waals surface area contributed by atoms with Gasteiger partial charge in [-0.2, -0.15) is 0 Å². The third-order valence-corrected chi connectivity index (χ3v) is 6.59. The van der Waals surface area contributed by atoms with Crippen LogP contribution >= 0.6 is 23.1 Å². The number of ketones is 1. The largest absolute Gasteiger partial charge is 0.350 e. The monoisotopic (exact) mass is 359 g/mol. The van der Waals surface area contributed by atoms with Crippen LogP contribution in [0.15, 0.2) is 42.5 Å². The SMILES string of the molecule is O=C(CSC1CCCC1)NCc1ccc(C(=O)c2ccccc2)s1. The number of thiophene rings is 1. The molecule has 0 bridgehead atoms. The van der Waals surface area contributed by atoms with Crippen LogP contribution in [0.5, 0.6) is 0 Å². The number of carbonyl (C=O) groups excluding carboxylic acids is 2. The number of rotatable bonds is 7. The van der Waals surface area contributed by atoms with Gasteiger partial charge in [0.1, 0.15) is 0 Å². The Morgan fingerprint density at radius 2 is 1.83 bits per heavy atom. The Morgan fingerprint density at radius 1 is 1.08 bits per heavy atom. The molecular weight excluding hydrogens is 338 g/mol. The van der Waals surface area contributed by atoms with Gasteiger partial charge in [0.15, 0.2) is 0 Å². The summed E-state index contributed by atoms with van der Waals surface area (Å²) >= 11 is 3.22. The first kappa shape index (κ1) is 17.2. The van der Waals surface area contributed by atoms with E-state index in [0.29, 0.717) is 28.0 Å². The van der Waals surface area contributed by atoms with Crippen LogP contribution in [0.4, 0.5) is 0 Å². The van der Waals surface area contributed by atoms with Crippen molar-refractivity contribution < 1.29 is 9.59 Å². The molecule has 0 spiro atoms. The molecule has 5 heteroatoms. The van der Waals surface area contributed by atoms with Crippen LogP contribution in [0, 0.1) is 0 Å². The molecule has 1 aromatic carbocycles. The van der Waals surface area contributed by atoms with Crippen LogP contribution in [0.2, 0.25) is 0 Å². The number of nitrogens with one attached hydrogen (secondary N) is 1. The second-order valence-electron chi connectivity index (χ2n) is 5.96. The molecule has 0 radical (unpaired) electrons. The van der Waals surface area contributed by atoms with E-state index in [4.69, 9.17) is 0 Å². The molecule has 0 atom stereocenters. The van der Waals surface area contributed by atoms with Gasteiger partial charge in [-0.25, -0.2) is 0 Å². The molecule has 1 amide bonds. The Kier molecular flexibility index (Phi) is 6.10. The maximum atomic E-state index is 12.4. The fourth-order valence-corrected chi connectivity index (χ4v) is 4.88. The van der Waals surface area contributed by atoms with E-state index in [-0.39, 0.29) is 11.7 Å². The summed E-state index contributed by atoms with van der Waals surface area (Å²) in [5.41, 5.74) is 0.697. The van der Waals surface area contributed by atoms with E-state index in [1.807, 2.05) is 42.5 Å². The molecule has 126 valence electrons. The second kappa shape index (κ2) is 8.49. The molecular formula is C19H21NO2S2. The molecule has 2 aromatic rings. The van der Waals surface area contributed by atoms with E-state index < -0.39 is 0 Å². The standard InChI is InChI=1S/C19H21NO2S2/c21-18(13-23-15-8-4-5-9-15)20-12-16-10-11-17(24-16)19(22)14-6-2-1-3-7-14/h1-3,6-7,10-11,15H,4-5,8-9,12-13H2,(H,20,21). The zero-order chi connectivity index (χ0) is 16.8. The Hall–Kier alpha value is -1.59. The van der Waals surface area contributed by atoms with Gasteiger partial charge in [-0.15, -0.1) is 23.1 Å². The summed E-state index contributed by atoms with van der Waals surface area (Å²) < 4.78 is 0. The minimum atomic E-state index is 0.0370. The molecule has 24 heavy (non-hydrogen) atoms. The second-order valence-corrected chi connectivity index (χ2v) is 8.41. The van der Waals surface area contributed by atoms with Gasteiger partial charge in [0.05, 0.1) is 17.2 Å². The van der Waals surface area contributed by atoms with E-state index in [9.17, 15) is 9.59 Å². The molecule has 3 nitrogen and oxygen atoms in total. The Morgan fingerprint density at radius 3 is 2.58 bits per heavy atom. The topological polar surface area (TPSA) is 46.2 Å². The number of benzene rings is 1. The summed E-state index contributed by atoms with van der Waals surface area (Å²) in [4.78, 5) is 26.0. The van der Waals surface area contributed by atoms with Crippen molar-refractivity contribution in [1.29, 1.82) is 0 Å². The summed E-state index contributed by atoms with van der Waals surface area (Å²) in [6.07, 6.45) is 5.08. The molecule has 0 saturated heterocycles. The van der Waals surface area contributed by atoms with Crippen molar-refractivity contribution in [2.75, 3.05) is 5.75 Å². The first-order valence-electron chi connectivity index (χ1n) is 8.29. The van der Waals surface area contributed by atoms with Gasteiger partial charge < -0.3 is 5.32 Å². The summed E-state index contributed by atoms with van der Waals surface area (Å²) in [7, 11) is 0. The van der Waals surface area contributed by atoms with Crippen molar-refractivity contribution in [3.63, 3.8) is 0 Å². The Balaban J connectivity index is 1.47. The molecule has 1 fully saturated rings. The molecule has 1 aliphatic rings. The zero-order valence-corrected chi connectivity index (χ0v) is 15.1. The predicted molar refractivity (Wildman–Crippen MR) is 101 cm³/mol. The average Bonchev–Trinajstić information content (AvgIpc) is 3.30. The lowest BCUT2D eigenvalue weighted by atomic mass is 10.1. The van der Waals surface area contributed by atoms with Gasteiger partial charge in [0.25, 0.3) is 0 Å². The van der Waals surface area contributed by atoms with E-state index in [1.54, 1.807) is 11.8 Å². The smallest absolute Gasteiger partial charge is 0.230 e. The summed E-state index contributed by atoms with van der Waals surface area (Å²) in [5, 5.41) is 3.61. The predicted octanol–water partition coefficient (Wildman–Crippen LogP) is 4.27. The lowest BCUT2D eigenvalue weighted by Crippen LogP contribution is -2.24. The van der Waals surface area contributed by atoms with Gasteiger partial charge in [0.2, 0.25) is 11.7 Å². The summed E-state index contributed by atoms with van der Waals surface area (Å²) in [5.74, 6) is 0.650. The average molecular weight is 360 g/mol. The highest BCUT2D eigenvalue weighted by molar-refractivity contribution is 8.00. The minimum Gasteiger partial charge on any atom is -0.350 e. The first-order chi connectivity index (χ1) is 11.7. The van der Waals surface area contributed by atoms with Crippen LogP contribution in [0.1, 0.15) is 45.8 Å². The third-order valence-electron chi connectivity index (χ3n) is 4.13. The molecule has 1 aliphatic carbocycles. The third kappa shape index (κ3) is 4.71. The molecule has 0 unspecified atom stereocenters. The number of hydrogen-bond acceptors (Lipinski definition) is 4. The van der Waals surface area contributed by atoms with Gasteiger partial charge in [0, 0.05) is 15.7 Å². The number of hydrogen-bond donors (Lipinski definition) is 1. The van der Waals surface area contributed by atoms with E-state index in [1.165, 1.54) is 37.0 Å². The van der Waals surface area contributed by atoms with Crippen LogP contribution in [-0.2, 0) is 11.3 Å². The fraction of sp³-hybridized carbons (Fsp3) is 0.368. The minimum absolute atomic E-state index is 0.0370. The van der Waals surface area contributed by atoms with Gasteiger partial charge in [-0.3, -0.25) is 9.59 Å². The van der Waals surface area contributed by atoms with E-state index >= 15 is 0 Å². The molecule has 0 aliphatic heterocycles. The summed E-state index contributed by atoms with van der Waals surface area (Å²) in [6, 6.07) is 13.0. The normalized spacial score (nSPS) is 14.7. The molecule has 1 aromatic heterocycles. The van der Waals surface area contributed by atoms with Crippen LogP contribution in [0.25, 0.3) is 0 Å². The van der Waals surface area contributed by atoms with Crippen molar-refractivity contribution >= 4 is 34.8 Å². The van der Waals surface area contributed by atoms with Crippen LogP contribution in [0.3, 0.4) is 0 Å². The molecule has 1 saturated carbocycles. The van der Waals surface area contributed by atoms with Crippen molar-refractivity contribution in [1.82, 2.24) is 5.32 Å². The molecule has 1 heterocycles. The lowest BCUT2D eigenvalue weighted by Gasteiger charge is -2.08. The van der Waals surface area contributed by atoms with Crippen molar-refractivity contribution in [2.24, 2.45) is 0 Å². The molecule has 1 N–H and O–H groups in total. The van der Waals surface area contributed by atoms with Gasteiger partial charge in [-0.05, 0) is 25.0 Å². The maximum Gasteiger partial charge on any atom is 0.230 e. The number of carbonyl (C=O) groups is 2. The summed E-state index contributed by atoms with van der Waals surface area (Å²) in [6.45, 7) is 0.497. The maximum absolute atomic E-state index is 12.4. The number of amides is 1. The van der Waals surface area contributed by atoms with Crippen molar-refractivity contribution in [2.45, 2.75) is 37.5 Å². The van der Waals surface area contributed by atoms with Gasteiger partial charge >= 0.3 is 0 Å². The highest BCUT2D eigenvalue weighted by atomic mass is 32.2. The van der Waals surface area contributed by atoms with Crippen LogP contribution < -0.4 is 5.32 Å².